The molecule has 6 heteroatoms. The molecule has 97 valence electrons. The van der Waals surface area contributed by atoms with E-state index in [0.29, 0.717) is 17.1 Å². The molecule has 1 aromatic carbocycles. The Balaban J connectivity index is 1.95. The Bertz CT molecular complexity index is 581. The van der Waals surface area contributed by atoms with Crippen molar-refractivity contribution in [3.8, 4) is 0 Å². The van der Waals surface area contributed by atoms with Gasteiger partial charge in [-0.1, -0.05) is 18.2 Å². The van der Waals surface area contributed by atoms with Gasteiger partial charge in [0.2, 0.25) is 11.8 Å². The van der Waals surface area contributed by atoms with E-state index in [1.54, 1.807) is 35.8 Å². The topological polar surface area (TPSA) is 85.1 Å². The molecule has 0 spiro atoms. The van der Waals surface area contributed by atoms with Crippen LogP contribution in [0.25, 0.3) is 0 Å². The van der Waals surface area contributed by atoms with E-state index in [0.717, 1.165) is 5.56 Å². The number of carbonyl (C=O) groups excluding carboxylic acids is 2. The molecule has 5 nitrogen and oxygen atoms in total. The summed E-state index contributed by atoms with van der Waals surface area (Å²) in [5, 5.41) is 4.96. The summed E-state index contributed by atoms with van der Waals surface area (Å²) in [7, 11) is 0. The SMILES string of the molecule is NC(=O)c1ccccc1C[CH]C(=O)Nc1nccs1. The smallest absolute Gasteiger partial charge is 0.248 e. The van der Waals surface area contributed by atoms with Crippen LogP contribution in [0.5, 0.6) is 0 Å². The molecule has 1 radical (unpaired) electrons. The van der Waals surface area contributed by atoms with Crippen LogP contribution < -0.4 is 11.1 Å². The van der Waals surface area contributed by atoms with Gasteiger partial charge in [0, 0.05) is 17.1 Å². The minimum Gasteiger partial charge on any atom is -0.366 e. The van der Waals surface area contributed by atoms with Gasteiger partial charge in [0.05, 0.1) is 6.42 Å². The van der Waals surface area contributed by atoms with Crippen LogP contribution in [0.15, 0.2) is 35.8 Å². The van der Waals surface area contributed by atoms with Crippen molar-refractivity contribution < 1.29 is 9.59 Å². The summed E-state index contributed by atoms with van der Waals surface area (Å²) in [6.07, 6.45) is 3.42. The van der Waals surface area contributed by atoms with Gasteiger partial charge in [-0.3, -0.25) is 9.59 Å². The van der Waals surface area contributed by atoms with Crippen LogP contribution >= 0.6 is 11.3 Å². The third-order valence-electron chi connectivity index (χ3n) is 2.45. The summed E-state index contributed by atoms with van der Waals surface area (Å²) in [4.78, 5) is 26.8. The maximum Gasteiger partial charge on any atom is 0.248 e. The number of anilines is 1. The van der Waals surface area contributed by atoms with Crippen LogP contribution in [0.4, 0.5) is 5.13 Å². The Morgan fingerprint density at radius 3 is 2.84 bits per heavy atom. The number of benzene rings is 1. The summed E-state index contributed by atoms with van der Waals surface area (Å²) in [6, 6.07) is 6.95. The summed E-state index contributed by atoms with van der Waals surface area (Å²) in [5.74, 6) is -0.751. The second kappa shape index (κ2) is 6.10. The van der Waals surface area contributed by atoms with Gasteiger partial charge in [-0.2, -0.15) is 0 Å². The first-order chi connectivity index (χ1) is 9.16. The number of carbonyl (C=O) groups is 2. The Kier molecular flexibility index (Phi) is 4.25. The van der Waals surface area contributed by atoms with E-state index >= 15 is 0 Å². The van der Waals surface area contributed by atoms with Gasteiger partial charge in [-0.25, -0.2) is 4.98 Å². The summed E-state index contributed by atoms with van der Waals surface area (Å²) >= 11 is 1.34. The number of hydrogen-bond acceptors (Lipinski definition) is 4. The van der Waals surface area contributed by atoms with Crippen LogP contribution in [0.1, 0.15) is 15.9 Å². The maximum atomic E-state index is 11.6. The summed E-state index contributed by atoms with van der Waals surface area (Å²) < 4.78 is 0. The molecule has 0 unspecified atom stereocenters. The van der Waals surface area contributed by atoms with Crippen molar-refractivity contribution in [2.24, 2.45) is 5.73 Å². The lowest BCUT2D eigenvalue weighted by molar-refractivity contribution is -0.113. The Morgan fingerprint density at radius 1 is 1.37 bits per heavy atom. The van der Waals surface area contributed by atoms with Crippen molar-refractivity contribution in [3.63, 3.8) is 0 Å². The highest BCUT2D eigenvalue weighted by Gasteiger charge is 2.10. The molecule has 0 aliphatic rings. The van der Waals surface area contributed by atoms with Gasteiger partial charge in [0.15, 0.2) is 5.13 Å². The number of rotatable bonds is 5. The fourth-order valence-electron chi connectivity index (χ4n) is 1.58. The van der Waals surface area contributed by atoms with Crippen LogP contribution in [-0.2, 0) is 11.2 Å². The van der Waals surface area contributed by atoms with E-state index in [4.69, 9.17) is 5.73 Å². The van der Waals surface area contributed by atoms with Gasteiger partial charge in [0.1, 0.15) is 0 Å². The van der Waals surface area contributed by atoms with Crippen LogP contribution in [0, 0.1) is 6.42 Å². The second-order valence-corrected chi connectivity index (χ2v) is 4.65. The van der Waals surface area contributed by atoms with Crippen LogP contribution in [0.2, 0.25) is 0 Å². The van der Waals surface area contributed by atoms with Gasteiger partial charge >= 0.3 is 0 Å². The largest absolute Gasteiger partial charge is 0.366 e. The normalized spacial score (nSPS) is 10.1. The minimum absolute atomic E-state index is 0.255. The third-order valence-corrected chi connectivity index (χ3v) is 3.14. The van der Waals surface area contributed by atoms with Gasteiger partial charge in [-0.15, -0.1) is 11.3 Å². The molecule has 0 bridgehead atoms. The number of nitrogens with zero attached hydrogens (tertiary/aromatic N) is 1. The number of primary amides is 1. The lowest BCUT2D eigenvalue weighted by Crippen LogP contribution is -2.16. The van der Waals surface area contributed by atoms with Crippen molar-refractivity contribution >= 4 is 28.3 Å². The van der Waals surface area contributed by atoms with E-state index in [-0.39, 0.29) is 5.91 Å². The number of thiazole rings is 1. The molecule has 0 atom stereocenters. The molecule has 19 heavy (non-hydrogen) atoms. The monoisotopic (exact) mass is 274 g/mol. The van der Waals surface area contributed by atoms with E-state index in [9.17, 15) is 9.59 Å². The average molecular weight is 274 g/mol. The first kappa shape index (κ1) is 13.2. The van der Waals surface area contributed by atoms with E-state index < -0.39 is 5.91 Å². The lowest BCUT2D eigenvalue weighted by atomic mass is 10.0. The first-order valence-corrected chi connectivity index (χ1v) is 6.46. The lowest BCUT2D eigenvalue weighted by Gasteiger charge is -2.05. The fourth-order valence-corrected chi connectivity index (χ4v) is 2.11. The van der Waals surface area contributed by atoms with Crippen molar-refractivity contribution in [3.05, 3.63) is 53.4 Å². The van der Waals surface area contributed by atoms with Crippen LogP contribution in [-0.4, -0.2) is 16.8 Å². The Hall–Kier alpha value is -2.21. The maximum absolute atomic E-state index is 11.6. The highest BCUT2D eigenvalue weighted by Crippen LogP contribution is 2.13. The zero-order valence-electron chi connectivity index (χ0n) is 10.00. The van der Waals surface area contributed by atoms with Crippen molar-refractivity contribution in [2.75, 3.05) is 5.32 Å². The van der Waals surface area contributed by atoms with Crippen molar-refractivity contribution in [1.29, 1.82) is 0 Å². The molecule has 0 saturated carbocycles. The summed E-state index contributed by atoms with van der Waals surface area (Å²) in [6.45, 7) is 0. The molecule has 0 aliphatic heterocycles. The number of nitrogens with one attached hydrogen (secondary N) is 1. The van der Waals surface area contributed by atoms with Crippen molar-refractivity contribution in [2.45, 2.75) is 6.42 Å². The number of hydrogen-bond donors (Lipinski definition) is 2. The zero-order chi connectivity index (χ0) is 13.7. The molecule has 1 aromatic heterocycles. The summed E-state index contributed by atoms with van der Waals surface area (Å²) in [5.41, 5.74) is 6.43. The third kappa shape index (κ3) is 3.62. The molecule has 0 saturated heterocycles. The first-order valence-electron chi connectivity index (χ1n) is 5.58. The van der Waals surface area contributed by atoms with E-state index in [2.05, 4.69) is 10.3 Å². The van der Waals surface area contributed by atoms with Crippen molar-refractivity contribution in [1.82, 2.24) is 4.98 Å². The molecule has 0 aliphatic carbocycles. The minimum atomic E-state index is -0.496. The molecule has 3 N–H and O–H groups in total. The molecular formula is C13H12N3O2S. The van der Waals surface area contributed by atoms with E-state index in [1.165, 1.54) is 17.8 Å². The fraction of sp³-hybridized carbons (Fsp3) is 0.0769. The quantitative estimate of drug-likeness (QED) is 0.869. The van der Waals surface area contributed by atoms with E-state index in [1.807, 2.05) is 0 Å². The molecule has 0 fully saturated rings. The highest BCUT2D eigenvalue weighted by atomic mass is 32.1. The number of amides is 2. The standard InChI is InChI=1S/C13H12N3O2S/c14-12(18)10-4-2-1-3-9(10)5-6-11(17)16-13-15-7-8-19-13/h1-4,6-8H,5H2,(H2,14,18)(H,15,16,17). The molecule has 1 heterocycles. The number of aromatic nitrogens is 1. The van der Waals surface area contributed by atoms with Gasteiger partial charge < -0.3 is 11.1 Å². The predicted molar refractivity (Wildman–Crippen MR) is 73.7 cm³/mol. The Morgan fingerprint density at radius 2 is 2.16 bits per heavy atom. The molecule has 2 amide bonds. The Labute approximate surface area is 114 Å². The molecular weight excluding hydrogens is 262 g/mol. The zero-order valence-corrected chi connectivity index (χ0v) is 10.8. The average Bonchev–Trinajstić information content (AvgIpc) is 2.89. The highest BCUT2D eigenvalue weighted by molar-refractivity contribution is 7.13. The second-order valence-electron chi connectivity index (χ2n) is 3.76. The van der Waals surface area contributed by atoms with Crippen LogP contribution in [0.3, 0.4) is 0 Å². The number of nitrogens with two attached hydrogens (primary N) is 1. The predicted octanol–water partition coefficient (Wildman–Crippen LogP) is 1.63. The molecule has 2 rings (SSSR count). The van der Waals surface area contributed by atoms with Gasteiger partial charge in [-0.05, 0) is 18.1 Å². The molecule has 2 aromatic rings. The van der Waals surface area contributed by atoms with Gasteiger partial charge in [0.25, 0.3) is 0 Å².